The van der Waals surface area contributed by atoms with Gasteiger partial charge in [-0.05, 0) is 37.3 Å². The number of carbonyl (C=O) groups is 2. The second-order valence-electron chi connectivity index (χ2n) is 4.73. The number of benzene rings is 2. The maximum Gasteiger partial charge on any atom is 0.271 e. The van der Waals surface area contributed by atoms with Gasteiger partial charge in [-0.2, -0.15) is 0 Å². The van der Waals surface area contributed by atoms with Gasteiger partial charge in [0.05, 0.1) is 16.3 Å². The number of halogens is 2. The van der Waals surface area contributed by atoms with Crippen molar-refractivity contribution in [1.82, 2.24) is 10.9 Å². The molecule has 0 spiro atoms. The smallest absolute Gasteiger partial charge is 0.271 e. The molecule has 0 radical (unpaired) electrons. The molecule has 0 saturated carbocycles. The van der Waals surface area contributed by atoms with Crippen molar-refractivity contribution >= 4 is 46.8 Å². The summed E-state index contributed by atoms with van der Waals surface area (Å²) in [5.74, 6) is -0.652. The molecule has 0 saturated heterocycles. The molecule has 0 aromatic heterocycles. The van der Waals surface area contributed by atoms with Gasteiger partial charge in [0.1, 0.15) is 0 Å². The minimum Gasteiger partial charge on any atom is -0.272 e. The predicted molar refractivity (Wildman–Crippen MR) is 94.0 cm³/mol. The molecule has 0 aliphatic rings. The van der Waals surface area contributed by atoms with Crippen LogP contribution in [0.25, 0.3) is 0 Å². The lowest BCUT2D eigenvalue weighted by Gasteiger charge is -2.09. The van der Waals surface area contributed by atoms with Crippen LogP contribution < -0.4 is 10.9 Å². The first-order chi connectivity index (χ1) is 11.0. The van der Waals surface area contributed by atoms with Gasteiger partial charge in [-0.1, -0.05) is 40.9 Å². The molecule has 2 rings (SSSR count). The summed E-state index contributed by atoms with van der Waals surface area (Å²) < 4.78 is 0. The molecule has 2 amide bonds. The van der Waals surface area contributed by atoms with E-state index in [9.17, 15) is 9.59 Å². The van der Waals surface area contributed by atoms with Crippen molar-refractivity contribution in [3.63, 3.8) is 0 Å². The Bertz CT molecular complexity index is 721. The normalized spacial score (nSPS) is 10.2. The summed E-state index contributed by atoms with van der Waals surface area (Å²) in [4.78, 5) is 24.7. The second kappa shape index (κ2) is 8.24. The molecule has 120 valence electrons. The quantitative estimate of drug-likeness (QED) is 0.636. The van der Waals surface area contributed by atoms with Crippen molar-refractivity contribution in [2.75, 3.05) is 5.75 Å². The maximum atomic E-state index is 12.0. The minimum atomic E-state index is -0.522. The summed E-state index contributed by atoms with van der Waals surface area (Å²) in [6.45, 7) is 2.00. The molecule has 0 aliphatic heterocycles. The Balaban J connectivity index is 1.83. The predicted octanol–water partition coefficient (Wildman–Crippen LogP) is 3.86. The lowest BCUT2D eigenvalue weighted by Crippen LogP contribution is -2.42. The van der Waals surface area contributed by atoms with E-state index in [4.69, 9.17) is 23.2 Å². The zero-order valence-corrected chi connectivity index (χ0v) is 14.6. The van der Waals surface area contributed by atoms with Crippen LogP contribution in [0.4, 0.5) is 0 Å². The van der Waals surface area contributed by atoms with Crippen molar-refractivity contribution in [3.05, 3.63) is 63.6 Å². The largest absolute Gasteiger partial charge is 0.272 e. The van der Waals surface area contributed by atoms with Crippen LogP contribution in [0.3, 0.4) is 0 Å². The Hall–Kier alpha value is -1.69. The Morgan fingerprint density at radius 1 is 1.04 bits per heavy atom. The van der Waals surface area contributed by atoms with Gasteiger partial charge in [0, 0.05) is 9.92 Å². The van der Waals surface area contributed by atoms with Crippen molar-refractivity contribution in [2.24, 2.45) is 0 Å². The number of hydrogen-bond acceptors (Lipinski definition) is 3. The molecule has 2 aromatic rings. The zero-order valence-electron chi connectivity index (χ0n) is 12.2. The molecule has 2 N–H and O–H groups in total. The molecule has 0 heterocycles. The Morgan fingerprint density at radius 3 is 2.43 bits per heavy atom. The van der Waals surface area contributed by atoms with E-state index in [-0.39, 0.29) is 22.2 Å². The lowest BCUT2D eigenvalue weighted by atomic mass is 10.2. The first-order valence-electron chi connectivity index (χ1n) is 6.69. The third-order valence-corrected chi connectivity index (χ3v) is 4.46. The van der Waals surface area contributed by atoms with E-state index in [0.717, 1.165) is 10.5 Å². The van der Waals surface area contributed by atoms with Crippen molar-refractivity contribution in [3.8, 4) is 0 Å². The van der Waals surface area contributed by atoms with E-state index in [2.05, 4.69) is 10.9 Å². The van der Waals surface area contributed by atoms with E-state index in [1.54, 1.807) is 6.07 Å². The molecule has 0 aliphatic carbocycles. The highest BCUT2D eigenvalue weighted by atomic mass is 35.5. The third-order valence-electron chi connectivity index (χ3n) is 2.88. The van der Waals surface area contributed by atoms with Crippen LogP contribution in [-0.2, 0) is 4.79 Å². The van der Waals surface area contributed by atoms with Crippen molar-refractivity contribution in [1.29, 1.82) is 0 Å². The molecule has 0 unspecified atom stereocenters. The number of carbonyl (C=O) groups excluding carboxylic acids is 2. The fraction of sp³-hybridized carbons (Fsp3) is 0.125. The minimum absolute atomic E-state index is 0.187. The summed E-state index contributed by atoms with van der Waals surface area (Å²) >= 11 is 13.1. The molecule has 0 atom stereocenters. The van der Waals surface area contributed by atoms with Crippen LogP contribution in [0.1, 0.15) is 15.9 Å². The number of hydrogen-bond donors (Lipinski definition) is 2. The van der Waals surface area contributed by atoms with Crippen LogP contribution in [0.2, 0.25) is 10.0 Å². The van der Waals surface area contributed by atoms with Gasteiger partial charge < -0.3 is 0 Å². The van der Waals surface area contributed by atoms with Gasteiger partial charge in [0.15, 0.2) is 0 Å². The highest BCUT2D eigenvalue weighted by Crippen LogP contribution is 2.20. The van der Waals surface area contributed by atoms with Crippen LogP contribution >= 0.6 is 35.0 Å². The first-order valence-corrected chi connectivity index (χ1v) is 8.43. The standard InChI is InChI=1S/C16H14Cl2N2O2S/c1-10-2-5-12(6-3-10)23-9-15(21)19-20-16(22)13-8-11(17)4-7-14(13)18/h2-8H,9H2,1H3,(H,19,21)(H,20,22). The Kier molecular flexibility index (Phi) is 6.33. The number of rotatable bonds is 4. The fourth-order valence-corrected chi connectivity index (χ4v) is 2.76. The Labute approximate surface area is 148 Å². The Morgan fingerprint density at radius 2 is 1.74 bits per heavy atom. The van der Waals surface area contributed by atoms with Crippen LogP contribution in [-0.4, -0.2) is 17.6 Å². The summed E-state index contributed by atoms with van der Waals surface area (Å²) in [7, 11) is 0. The third kappa shape index (κ3) is 5.46. The van der Waals surface area contributed by atoms with Gasteiger partial charge in [0.25, 0.3) is 5.91 Å². The molecule has 7 heteroatoms. The second-order valence-corrected chi connectivity index (χ2v) is 6.62. The van der Waals surface area contributed by atoms with E-state index in [1.165, 1.54) is 23.9 Å². The van der Waals surface area contributed by atoms with E-state index < -0.39 is 5.91 Å². The summed E-state index contributed by atoms with van der Waals surface area (Å²) in [6.07, 6.45) is 0. The number of nitrogens with one attached hydrogen (secondary N) is 2. The molecule has 0 bridgehead atoms. The van der Waals surface area contributed by atoms with Gasteiger partial charge in [-0.15, -0.1) is 11.8 Å². The number of thioether (sulfide) groups is 1. The van der Waals surface area contributed by atoms with Crippen LogP contribution in [0.15, 0.2) is 47.4 Å². The van der Waals surface area contributed by atoms with Gasteiger partial charge in [0.2, 0.25) is 5.91 Å². The number of aryl methyl sites for hydroxylation is 1. The van der Waals surface area contributed by atoms with E-state index in [0.29, 0.717) is 5.02 Å². The average Bonchev–Trinajstić information content (AvgIpc) is 2.54. The summed E-state index contributed by atoms with van der Waals surface area (Å²) in [6, 6.07) is 12.4. The van der Waals surface area contributed by atoms with E-state index >= 15 is 0 Å². The SMILES string of the molecule is Cc1ccc(SCC(=O)NNC(=O)c2cc(Cl)ccc2Cl)cc1. The van der Waals surface area contributed by atoms with Gasteiger partial charge >= 0.3 is 0 Å². The average molecular weight is 369 g/mol. The van der Waals surface area contributed by atoms with Crippen LogP contribution in [0, 0.1) is 6.92 Å². The van der Waals surface area contributed by atoms with Gasteiger partial charge in [-0.3, -0.25) is 20.4 Å². The molecule has 0 fully saturated rings. The topological polar surface area (TPSA) is 58.2 Å². The highest BCUT2D eigenvalue weighted by Gasteiger charge is 2.12. The molecule has 23 heavy (non-hydrogen) atoms. The highest BCUT2D eigenvalue weighted by molar-refractivity contribution is 8.00. The van der Waals surface area contributed by atoms with Crippen molar-refractivity contribution in [2.45, 2.75) is 11.8 Å². The zero-order chi connectivity index (χ0) is 16.8. The molecule has 4 nitrogen and oxygen atoms in total. The van der Waals surface area contributed by atoms with Crippen molar-refractivity contribution < 1.29 is 9.59 Å². The van der Waals surface area contributed by atoms with E-state index in [1.807, 2.05) is 31.2 Å². The maximum absolute atomic E-state index is 12.0. The molecular weight excluding hydrogens is 355 g/mol. The molecular formula is C16H14Cl2N2O2S. The summed E-state index contributed by atoms with van der Waals surface area (Å²) in [5, 5.41) is 0.649. The molecule has 2 aromatic carbocycles. The van der Waals surface area contributed by atoms with Gasteiger partial charge in [-0.25, -0.2) is 0 Å². The fourth-order valence-electron chi connectivity index (χ4n) is 1.68. The first kappa shape index (κ1) is 17.7. The number of amides is 2. The number of hydrazine groups is 1. The lowest BCUT2D eigenvalue weighted by molar-refractivity contribution is -0.119. The monoisotopic (exact) mass is 368 g/mol. The summed E-state index contributed by atoms with van der Waals surface area (Å²) in [5.41, 5.74) is 6.02. The van der Waals surface area contributed by atoms with Crippen LogP contribution in [0.5, 0.6) is 0 Å².